The molecule has 8 heteroatoms. The second-order valence-electron chi connectivity index (χ2n) is 7.76. The van der Waals surface area contributed by atoms with Crippen molar-refractivity contribution in [1.29, 1.82) is 0 Å². The Bertz CT molecular complexity index is 1180. The summed E-state index contributed by atoms with van der Waals surface area (Å²) in [5, 5.41) is 2.84. The summed E-state index contributed by atoms with van der Waals surface area (Å²) in [6, 6.07) is 22.1. The van der Waals surface area contributed by atoms with E-state index in [1.807, 2.05) is 19.1 Å². The number of methoxy groups -OCH3 is 1. The van der Waals surface area contributed by atoms with Crippen LogP contribution in [0.3, 0.4) is 0 Å². The number of benzene rings is 3. The number of para-hydroxylation sites is 1. The van der Waals surface area contributed by atoms with Gasteiger partial charge in [-0.2, -0.15) is 0 Å². The number of hydrogen-bond donors (Lipinski definition) is 1. The number of ether oxygens (including phenoxy) is 2. The van der Waals surface area contributed by atoms with Crippen molar-refractivity contribution in [2.24, 2.45) is 0 Å². The molecule has 0 radical (unpaired) electrons. The summed E-state index contributed by atoms with van der Waals surface area (Å²) in [5.74, 6) is 0.948. The molecule has 0 saturated carbocycles. The number of nitrogens with zero attached hydrogens (tertiary/aromatic N) is 1. The summed E-state index contributed by atoms with van der Waals surface area (Å²) in [5.41, 5.74) is 1.33. The van der Waals surface area contributed by atoms with Gasteiger partial charge in [-0.25, -0.2) is 8.42 Å². The standard InChI is InChI=1S/C26H30N2O5S/c1-4-21-10-8-9-13-25(21)28(34(30,31)24-11-6-5-7-12-24)18-26(29)27-20(2)19-33-23-16-14-22(32-3)15-17-23/h5-17,20H,4,18-19H2,1-3H3,(H,27,29). The molecule has 34 heavy (non-hydrogen) atoms. The van der Waals surface area contributed by atoms with Gasteiger partial charge in [0.05, 0.1) is 23.7 Å². The topological polar surface area (TPSA) is 84.9 Å². The summed E-state index contributed by atoms with van der Waals surface area (Å²) >= 11 is 0. The fourth-order valence-corrected chi connectivity index (χ4v) is 4.94. The van der Waals surface area contributed by atoms with Crippen LogP contribution in [0.2, 0.25) is 0 Å². The molecule has 0 aliphatic rings. The Balaban J connectivity index is 1.74. The van der Waals surface area contributed by atoms with E-state index in [9.17, 15) is 13.2 Å². The molecule has 0 fully saturated rings. The van der Waals surface area contributed by atoms with E-state index in [1.165, 1.54) is 16.4 Å². The molecule has 0 heterocycles. The largest absolute Gasteiger partial charge is 0.497 e. The highest BCUT2D eigenvalue weighted by atomic mass is 32.2. The van der Waals surface area contributed by atoms with Crippen LogP contribution in [0.1, 0.15) is 19.4 Å². The first-order valence-corrected chi connectivity index (χ1v) is 12.5. The van der Waals surface area contributed by atoms with Gasteiger partial charge in [0.25, 0.3) is 10.0 Å². The maximum Gasteiger partial charge on any atom is 0.264 e. The molecule has 3 aromatic rings. The molecule has 0 saturated heterocycles. The zero-order chi connectivity index (χ0) is 24.6. The molecular weight excluding hydrogens is 452 g/mol. The van der Waals surface area contributed by atoms with Crippen LogP contribution in [-0.2, 0) is 21.2 Å². The van der Waals surface area contributed by atoms with Gasteiger partial charge in [0.2, 0.25) is 5.91 Å². The molecule has 1 atom stereocenters. The monoisotopic (exact) mass is 482 g/mol. The van der Waals surface area contributed by atoms with E-state index in [0.29, 0.717) is 17.9 Å². The lowest BCUT2D eigenvalue weighted by Crippen LogP contribution is -2.45. The maximum absolute atomic E-state index is 13.5. The summed E-state index contributed by atoms with van der Waals surface area (Å²) in [6.45, 7) is 3.64. The fraction of sp³-hybridized carbons (Fsp3) is 0.269. The summed E-state index contributed by atoms with van der Waals surface area (Å²) in [6.07, 6.45) is 0.630. The molecule has 0 bridgehead atoms. The first-order chi connectivity index (χ1) is 16.3. The molecule has 0 aromatic heterocycles. The molecule has 7 nitrogen and oxygen atoms in total. The molecule has 180 valence electrons. The van der Waals surface area contributed by atoms with Gasteiger partial charge in [0.15, 0.2) is 0 Å². The number of rotatable bonds is 11. The van der Waals surface area contributed by atoms with Crippen molar-refractivity contribution < 1.29 is 22.7 Å². The van der Waals surface area contributed by atoms with E-state index in [-0.39, 0.29) is 24.1 Å². The first kappa shape index (κ1) is 25.1. The van der Waals surface area contributed by atoms with Crippen molar-refractivity contribution in [3.05, 3.63) is 84.4 Å². The van der Waals surface area contributed by atoms with Crippen molar-refractivity contribution >= 4 is 21.6 Å². The van der Waals surface area contributed by atoms with Crippen molar-refractivity contribution in [3.63, 3.8) is 0 Å². The fourth-order valence-electron chi connectivity index (χ4n) is 3.46. The zero-order valence-corrected chi connectivity index (χ0v) is 20.4. The van der Waals surface area contributed by atoms with Gasteiger partial charge in [-0.3, -0.25) is 9.10 Å². The third kappa shape index (κ3) is 6.29. The Hall–Kier alpha value is -3.52. The number of nitrogens with one attached hydrogen (secondary N) is 1. The number of anilines is 1. The van der Waals surface area contributed by atoms with E-state index in [0.717, 1.165) is 11.3 Å². The zero-order valence-electron chi connectivity index (χ0n) is 19.6. The molecule has 1 N–H and O–H groups in total. The summed E-state index contributed by atoms with van der Waals surface area (Å²) in [4.78, 5) is 13.0. The first-order valence-electron chi connectivity index (χ1n) is 11.1. The van der Waals surface area contributed by atoms with Crippen LogP contribution in [0.25, 0.3) is 0 Å². The van der Waals surface area contributed by atoms with Crippen LogP contribution in [0, 0.1) is 0 Å². The normalized spacial score (nSPS) is 12.0. The SMILES string of the molecule is CCc1ccccc1N(CC(=O)NC(C)COc1ccc(OC)cc1)S(=O)(=O)c1ccccc1. The molecule has 0 aliphatic carbocycles. The summed E-state index contributed by atoms with van der Waals surface area (Å²) < 4.78 is 39.0. The van der Waals surface area contributed by atoms with Gasteiger partial charge >= 0.3 is 0 Å². The molecule has 1 amide bonds. The Labute approximate surface area is 201 Å². The Morgan fingerprint density at radius 3 is 2.21 bits per heavy atom. The minimum atomic E-state index is -3.95. The average molecular weight is 483 g/mol. The van der Waals surface area contributed by atoms with Crippen LogP contribution in [0.4, 0.5) is 5.69 Å². The third-order valence-corrected chi connectivity index (χ3v) is 7.00. The van der Waals surface area contributed by atoms with Gasteiger partial charge in [-0.15, -0.1) is 0 Å². The lowest BCUT2D eigenvalue weighted by Gasteiger charge is -2.27. The second-order valence-corrected chi connectivity index (χ2v) is 9.62. The maximum atomic E-state index is 13.5. The van der Waals surface area contributed by atoms with Crippen molar-refractivity contribution in [2.75, 3.05) is 24.6 Å². The summed E-state index contributed by atoms with van der Waals surface area (Å²) in [7, 11) is -2.36. The van der Waals surface area contributed by atoms with Crippen LogP contribution in [0.15, 0.2) is 83.8 Å². The predicted octanol–water partition coefficient (Wildman–Crippen LogP) is 4.04. The van der Waals surface area contributed by atoms with Crippen molar-refractivity contribution in [3.8, 4) is 11.5 Å². The Morgan fingerprint density at radius 2 is 1.56 bits per heavy atom. The minimum Gasteiger partial charge on any atom is -0.497 e. The van der Waals surface area contributed by atoms with E-state index in [4.69, 9.17) is 9.47 Å². The number of carbonyl (C=O) groups excluding carboxylic acids is 1. The Morgan fingerprint density at radius 1 is 0.941 bits per heavy atom. The lowest BCUT2D eigenvalue weighted by atomic mass is 10.1. The third-order valence-electron chi connectivity index (χ3n) is 5.23. The van der Waals surface area contributed by atoms with Crippen LogP contribution in [0.5, 0.6) is 11.5 Å². The smallest absolute Gasteiger partial charge is 0.264 e. The minimum absolute atomic E-state index is 0.129. The second kappa shape index (κ2) is 11.6. The number of carbonyl (C=O) groups is 1. The van der Waals surface area contributed by atoms with E-state index < -0.39 is 15.9 Å². The molecule has 0 spiro atoms. The number of aryl methyl sites for hydroxylation is 1. The van der Waals surface area contributed by atoms with Gasteiger partial charge in [0.1, 0.15) is 24.7 Å². The van der Waals surface area contributed by atoms with Crippen molar-refractivity contribution in [2.45, 2.75) is 31.2 Å². The van der Waals surface area contributed by atoms with Crippen molar-refractivity contribution in [1.82, 2.24) is 5.32 Å². The highest BCUT2D eigenvalue weighted by Crippen LogP contribution is 2.27. The van der Waals surface area contributed by atoms with Gasteiger partial charge in [-0.05, 0) is 61.4 Å². The molecule has 3 aromatic carbocycles. The Kier molecular flexibility index (Phi) is 8.54. The highest BCUT2D eigenvalue weighted by molar-refractivity contribution is 7.92. The predicted molar refractivity (Wildman–Crippen MR) is 133 cm³/mol. The number of hydrogen-bond acceptors (Lipinski definition) is 5. The van der Waals surface area contributed by atoms with Crippen LogP contribution in [-0.4, -0.2) is 40.6 Å². The highest BCUT2D eigenvalue weighted by Gasteiger charge is 2.28. The van der Waals surface area contributed by atoms with Gasteiger partial charge < -0.3 is 14.8 Å². The molecular formula is C26H30N2O5S. The van der Waals surface area contributed by atoms with Gasteiger partial charge in [0, 0.05) is 0 Å². The van der Waals surface area contributed by atoms with E-state index in [1.54, 1.807) is 68.6 Å². The molecule has 0 aliphatic heterocycles. The van der Waals surface area contributed by atoms with Crippen LogP contribution >= 0.6 is 0 Å². The number of sulfonamides is 1. The van der Waals surface area contributed by atoms with E-state index in [2.05, 4.69) is 5.32 Å². The number of amides is 1. The quantitative estimate of drug-likeness (QED) is 0.446. The average Bonchev–Trinajstić information content (AvgIpc) is 2.86. The molecule has 3 rings (SSSR count). The molecule has 1 unspecified atom stereocenters. The van der Waals surface area contributed by atoms with Crippen LogP contribution < -0.4 is 19.1 Å². The van der Waals surface area contributed by atoms with E-state index >= 15 is 0 Å². The lowest BCUT2D eigenvalue weighted by molar-refractivity contribution is -0.120. The van der Waals surface area contributed by atoms with Gasteiger partial charge in [-0.1, -0.05) is 43.3 Å².